The molecule has 10 nitrogen and oxygen atoms in total. The molecule has 0 bridgehead atoms. The number of carbonyl (C=O) groups is 2. The van der Waals surface area contributed by atoms with Crippen LogP contribution in [0.2, 0.25) is 10.0 Å². The fourth-order valence-corrected chi connectivity index (χ4v) is 8.34. The predicted molar refractivity (Wildman–Crippen MR) is 226 cm³/mol. The molecule has 2 amide bonds. The molecule has 2 fully saturated rings. The van der Waals surface area contributed by atoms with Crippen molar-refractivity contribution in [1.29, 1.82) is 0 Å². The minimum absolute atomic E-state index is 0.0789. The first-order chi connectivity index (χ1) is 29.6. The Labute approximate surface area is 363 Å². The Bertz CT molecular complexity index is 2600. The number of hydrogen-bond donors (Lipinski definition) is 2. The Kier molecular flexibility index (Phi) is 11.2. The zero-order chi connectivity index (χ0) is 43.9. The number of alkyl halides is 4. The van der Waals surface area contributed by atoms with Gasteiger partial charge in [-0.25, -0.2) is 9.97 Å². The lowest BCUT2D eigenvalue weighted by molar-refractivity contribution is -0.287. The van der Waals surface area contributed by atoms with Crippen molar-refractivity contribution in [1.82, 2.24) is 9.97 Å². The molecule has 0 radical (unpaired) electrons. The quantitative estimate of drug-likeness (QED) is 0.105. The molecule has 2 aliphatic carbocycles. The highest BCUT2D eigenvalue weighted by Gasteiger charge is 2.52. The number of hydrogen-bond acceptors (Lipinski definition) is 8. The van der Waals surface area contributed by atoms with Gasteiger partial charge in [-0.05, 0) is 73.2 Å². The van der Waals surface area contributed by atoms with Crippen molar-refractivity contribution in [3.05, 3.63) is 144 Å². The number of amides is 2. The molecule has 5 aromatic rings. The number of fused-ring (bicyclic) bond motifs is 2. The number of benzene rings is 3. The molecule has 0 saturated heterocycles. The van der Waals surface area contributed by atoms with Crippen molar-refractivity contribution < 1.29 is 46.1 Å². The smallest absolute Gasteiger partial charge is 0.395 e. The summed E-state index contributed by atoms with van der Waals surface area (Å²) in [5, 5.41) is 6.18. The van der Waals surface area contributed by atoms with Crippen LogP contribution in [-0.4, -0.2) is 34.4 Å². The van der Waals surface area contributed by atoms with Crippen LogP contribution in [0.1, 0.15) is 44.1 Å². The highest BCUT2D eigenvalue weighted by Crippen LogP contribution is 2.53. The molecule has 2 N–H and O–H groups in total. The predicted octanol–water partition coefficient (Wildman–Crippen LogP) is 11.9. The molecular weight excluding hydrogens is 851 g/mol. The van der Waals surface area contributed by atoms with E-state index in [4.69, 9.17) is 23.2 Å². The van der Waals surface area contributed by atoms with Gasteiger partial charge in [-0.3, -0.25) is 9.59 Å². The van der Waals surface area contributed by atoms with Crippen molar-refractivity contribution in [2.45, 2.75) is 56.5 Å². The molecule has 0 unspecified atom stereocenters. The largest absolute Gasteiger partial charge is 0.586 e. The maximum atomic E-state index is 13.3. The highest BCUT2D eigenvalue weighted by molar-refractivity contribution is 6.34. The maximum absolute atomic E-state index is 13.3. The lowest BCUT2D eigenvalue weighted by atomic mass is 9.78. The number of carbonyl (C=O) groups excluding carboxylic acids is 2. The van der Waals surface area contributed by atoms with Gasteiger partial charge in [0.05, 0.1) is 20.9 Å². The van der Waals surface area contributed by atoms with E-state index in [9.17, 15) is 27.2 Å². The van der Waals surface area contributed by atoms with Crippen molar-refractivity contribution in [3.8, 4) is 45.3 Å². The zero-order valence-electron chi connectivity index (χ0n) is 32.7. The van der Waals surface area contributed by atoms with Gasteiger partial charge in [0.25, 0.3) is 0 Å². The van der Waals surface area contributed by atoms with E-state index in [1.807, 2.05) is 30.3 Å². The van der Waals surface area contributed by atoms with Gasteiger partial charge in [-0.15, -0.1) is 17.6 Å². The second-order valence-corrected chi connectivity index (χ2v) is 15.8. The van der Waals surface area contributed by atoms with Crippen molar-refractivity contribution >= 4 is 46.7 Å². The first kappa shape index (κ1) is 42.3. The van der Waals surface area contributed by atoms with Crippen LogP contribution in [0.15, 0.2) is 128 Å². The summed E-state index contributed by atoms with van der Waals surface area (Å²) in [5.41, 5.74) is 2.73. The van der Waals surface area contributed by atoms with E-state index in [0.717, 1.165) is 49.7 Å². The van der Waals surface area contributed by atoms with Gasteiger partial charge >= 0.3 is 12.6 Å². The van der Waals surface area contributed by atoms with E-state index in [0.29, 0.717) is 33.9 Å². The van der Waals surface area contributed by atoms with Crippen LogP contribution in [-0.2, 0) is 15.0 Å². The fourth-order valence-electron chi connectivity index (χ4n) is 7.82. The van der Waals surface area contributed by atoms with E-state index < -0.39 is 23.4 Å². The average molecular weight is 888 g/mol. The van der Waals surface area contributed by atoms with Crippen LogP contribution in [0.4, 0.5) is 29.2 Å². The Morgan fingerprint density at radius 1 is 0.645 bits per heavy atom. The zero-order valence-corrected chi connectivity index (χ0v) is 34.2. The first-order valence-corrected chi connectivity index (χ1v) is 20.2. The van der Waals surface area contributed by atoms with Crippen molar-refractivity contribution in [3.63, 3.8) is 0 Å². The topological polar surface area (TPSA) is 121 Å². The summed E-state index contributed by atoms with van der Waals surface area (Å²) in [6, 6.07) is 21.8. The lowest BCUT2D eigenvalue weighted by Gasteiger charge is -2.28. The van der Waals surface area contributed by atoms with Crippen LogP contribution in [0.3, 0.4) is 0 Å². The van der Waals surface area contributed by atoms with Gasteiger partial charge < -0.3 is 29.6 Å². The summed E-state index contributed by atoms with van der Waals surface area (Å²) in [6.45, 7) is 7.44. The van der Waals surface area contributed by atoms with Gasteiger partial charge in [0.2, 0.25) is 11.8 Å². The molecule has 2 aliphatic heterocycles. The summed E-state index contributed by atoms with van der Waals surface area (Å²) >= 11 is 12.5. The van der Waals surface area contributed by atoms with E-state index in [1.54, 1.807) is 42.5 Å². The summed E-state index contributed by atoms with van der Waals surface area (Å²) in [5.74, 6) is 0.0548. The Morgan fingerprint density at radius 2 is 1.11 bits per heavy atom. The third-order valence-electron chi connectivity index (χ3n) is 11.1. The van der Waals surface area contributed by atoms with Gasteiger partial charge in [-0.2, -0.15) is 0 Å². The number of allylic oxidation sites excluding steroid dienone is 3. The number of nitrogens with zero attached hydrogens (tertiary/aromatic N) is 2. The van der Waals surface area contributed by atoms with Crippen LogP contribution in [0.25, 0.3) is 22.3 Å². The Morgan fingerprint density at radius 3 is 1.53 bits per heavy atom. The molecule has 9 rings (SSSR count). The Balaban J connectivity index is 0.000000171. The number of nitrogens with one attached hydrogen (secondary N) is 2. The molecule has 4 aliphatic rings. The highest BCUT2D eigenvalue weighted by atomic mass is 35.5. The number of aromatic nitrogens is 2. The average Bonchev–Trinajstić information content (AvgIpc) is 3.62. The van der Waals surface area contributed by atoms with Gasteiger partial charge in [0.15, 0.2) is 23.0 Å². The molecular formula is C46H36Cl2F4N4O6. The third kappa shape index (κ3) is 8.44. The monoisotopic (exact) mass is 886 g/mol. The maximum Gasteiger partial charge on any atom is 0.586 e. The summed E-state index contributed by atoms with van der Waals surface area (Å²) in [4.78, 5) is 34.6. The first-order valence-electron chi connectivity index (χ1n) is 19.4. The summed E-state index contributed by atoms with van der Waals surface area (Å²) in [7, 11) is 0. The molecule has 0 spiro atoms. The molecule has 3 aromatic carbocycles. The van der Waals surface area contributed by atoms with E-state index >= 15 is 0 Å². The van der Waals surface area contributed by atoms with E-state index in [2.05, 4.69) is 52.7 Å². The van der Waals surface area contributed by atoms with E-state index in [1.165, 1.54) is 36.7 Å². The second-order valence-electron chi connectivity index (χ2n) is 15.0. The van der Waals surface area contributed by atoms with Crippen molar-refractivity contribution in [2.75, 3.05) is 10.6 Å². The molecule has 0 atom stereocenters. The van der Waals surface area contributed by atoms with Crippen LogP contribution in [0.5, 0.6) is 23.0 Å². The fraction of sp³-hybridized carbons (Fsp3) is 0.217. The van der Waals surface area contributed by atoms with Crippen LogP contribution >= 0.6 is 23.2 Å². The molecule has 62 heavy (non-hydrogen) atoms. The normalized spacial score (nSPS) is 17.9. The third-order valence-corrected chi connectivity index (χ3v) is 11.7. The van der Waals surface area contributed by atoms with Gasteiger partial charge in [0.1, 0.15) is 11.6 Å². The minimum atomic E-state index is -3.72. The summed E-state index contributed by atoms with van der Waals surface area (Å²) < 4.78 is 70.9. The molecule has 2 aromatic heterocycles. The number of halogens is 6. The van der Waals surface area contributed by atoms with Crippen LogP contribution in [0, 0.1) is 5.41 Å². The van der Waals surface area contributed by atoms with Crippen LogP contribution < -0.4 is 29.6 Å². The Hall–Kier alpha value is -6.38. The molecule has 16 heteroatoms. The number of ether oxygens (including phenoxy) is 4. The van der Waals surface area contributed by atoms with E-state index in [-0.39, 0.29) is 44.9 Å². The molecule has 4 heterocycles. The summed E-state index contributed by atoms with van der Waals surface area (Å²) in [6.07, 6.45) is 5.67. The minimum Gasteiger partial charge on any atom is -0.395 e. The second kappa shape index (κ2) is 16.5. The molecule has 318 valence electrons. The standard InChI is InChI=1S/C24H19ClF2N2O3.C22H17ClF2N2O3/c25-18-13-20-19(31-24(26,27)32-20)12-17(18)15-8-9-21(28-14-15)29-22(30)23(10-4-5-11-23)16-6-2-1-3-7-16;1-3-5-14(4-2)21(8-9-21)20(28)27-19-7-6-13(12-26-19)15-10-17-18(11-16(15)23)30-22(24,25)29-17/h1-3,6-9,12-14H,4-5,10-11H2,(H,28,29,30);3-7,10-12H,1-2,8-9H2,(H,26,27,28)/b;14-5+. The number of rotatable bonds is 10. The molecule has 2 saturated carbocycles. The van der Waals surface area contributed by atoms with Crippen molar-refractivity contribution in [2.24, 2.45) is 5.41 Å². The number of anilines is 2. The lowest BCUT2D eigenvalue weighted by Crippen LogP contribution is -2.38. The number of pyridine rings is 2. The van der Waals surface area contributed by atoms with Gasteiger partial charge in [0, 0.05) is 46.8 Å². The SMILES string of the molecule is C=C/C=C(\C=C)C1(C(=O)Nc2ccc(-c3cc4c(cc3Cl)OC(F)(F)O4)cn2)CC1.O=C(Nc1ccc(-c2cc3c(cc2Cl)OC(F)(F)O3)cn1)C1(c2ccccc2)CCCC1. The van der Waals surface area contributed by atoms with Gasteiger partial charge in [-0.1, -0.05) is 97.8 Å².